The van der Waals surface area contributed by atoms with Gasteiger partial charge in [0.2, 0.25) is 0 Å². The molecule has 1 unspecified atom stereocenters. The number of ether oxygens (including phenoxy) is 1. The van der Waals surface area contributed by atoms with Gasteiger partial charge in [-0.1, -0.05) is 45.4 Å². The summed E-state index contributed by atoms with van der Waals surface area (Å²) in [5, 5.41) is 10.2. The fourth-order valence-corrected chi connectivity index (χ4v) is 2.47. The van der Waals surface area contributed by atoms with Gasteiger partial charge in [0.15, 0.2) is 0 Å². The zero-order valence-electron chi connectivity index (χ0n) is 12.2. The lowest BCUT2D eigenvalue weighted by Crippen LogP contribution is -2.33. The van der Waals surface area contributed by atoms with E-state index in [1.807, 2.05) is 0 Å². The number of hydrogen-bond donors (Lipinski definition) is 1. The highest BCUT2D eigenvalue weighted by atomic mass is 16.5. The molecule has 0 bridgehead atoms. The first-order chi connectivity index (χ1) is 9.03. The van der Waals surface area contributed by atoms with Gasteiger partial charge in [-0.2, -0.15) is 0 Å². The van der Waals surface area contributed by atoms with Gasteiger partial charge in [-0.15, -0.1) is 0 Å². The molecule has 1 aliphatic carbocycles. The number of unbranched alkanes of at least 4 members (excludes halogenated alkanes) is 5. The molecule has 0 saturated heterocycles. The molecule has 0 spiro atoms. The Labute approximate surface area is 117 Å². The minimum Gasteiger partial charge on any atom is -0.462 e. The molecule has 0 aliphatic heterocycles. The predicted molar refractivity (Wildman–Crippen MR) is 76.3 cm³/mol. The third kappa shape index (κ3) is 5.13. The molecule has 1 N–H and O–H groups in total. The molecule has 19 heavy (non-hydrogen) atoms. The standard InChI is InChI=1S/C16H28O3/c1-4-5-6-7-8-9-10-14(17)16(11-12-16)15(18)19-13(2)3/h13-14,17H,2-12H2,1H3. The second kappa shape index (κ2) is 7.88. The first kappa shape index (κ1) is 16.5. The van der Waals surface area contributed by atoms with Crippen molar-refractivity contribution >= 4 is 5.97 Å². The lowest BCUT2D eigenvalue weighted by Gasteiger charge is -2.22. The molecule has 0 heterocycles. The Morgan fingerprint density at radius 3 is 2.32 bits per heavy atom. The Hall–Kier alpha value is -0.570. The molecule has 0 amide bonds. The molecule has 3 heteroatoms. The SMILES string of the molecule is [CH2]C([CH2])OC(=O)C1(C(O)CCCCCCCC)CC1. The van der Waals surface area contributed by atoms with E-state index in [-0.39, 0.29) is 5.97 Å². The van der Waals surface area contributed by atoms with Crippen LogP contribution >= 0.6 is 0 Å². The Bertz CT molecular complexity index is 269. The third-order valence-corrected chi connectivity index (χ3v) is 3.94. The minimum atomic E-state index is -0.642. The van der Waals surface area contributed by atoms with Crippen LogP contribution in [0.2, 0.25) is 0 Å². The zero-order chi connectivity index (χ0) is 14.3. The second-order valence-electron chi connectivity index (χ2n) is 5.76. The van der Waals surface area contributed by atoms with Crippen molar-refractivity contribution in [2.75, 3.05) is 0 Å². The summed E-state index contributed by atoms with van der Waals surface area (Å²) in [5.74, 6) is -0.319. The fraction of sp³-hybridized carbons (Fsp3) is 0.812. The van der Waals surface area contributed by atoms with E-state index in [1.165, 1.54) is 25.7 Å². The maximum Gasteiger partial charge on any atom is 0.314 e. The number of hydrogen-bond acceptors (Lipinski definition) is 3. The molecule has 0 aromatic heterocycles. The highest BCUT2D eigenvalue weighted by molar-refractivity contribution is 5.80. The van der Waals surface area contributed by atoms with Crippen molar-refractivity contribution in [2.24, 2.45) is 5.41 Å². The monoisotopic (exact) mass is 268 g/mol. The number of aliphatic hydroxyl groups is 1. The van der Waals surface area contributed by atoms with Gasteiger partial charge in [-0.25, -0.2) is 0 Å². The normalized spacial score (nSPS) is 18.4. The minimum absolute atomic E-state index is 0.319. The van der Waals surface area contributed by atoms with Gasteiger partial charge in [0.25, 0.3) is 0 Å². The maximum atomic E-state index is 11.9. The zero-order valence-corrected chi connectivity index (χ0v) is 12.2. The van der Waals surface area contributed by atoms with Crippen molar-refractivity contribution in [2.45, 2.75) is 76.9 Å². The van der Waals surface area contributed by atoms with Gasteiger partial charge >= 0.3 is 5.97 Å². The van der Waals surface area contributed by atoms with Gasteiger partial charge in [0.05, 0.1) is 11.5 Å². The average molecular weight is 268 g/mol. The smallest absolute Gasteiger partial charge is 0.314 e. The van der Waals surface area contributed by atoms with E-state index in [0.717, 1.165) is 25.7 Å². The Morgan fingerprint density at radius 2 is 1.79 bits per heavy atom. The summed E-state index contributed by atoms with van der Waals surface area (Å²) >= 11 is 0. The maximum absolute atomic E-state index is 11.9. The van der Waals surface area contributed by atoms with E-state index in [2.05, 4.69) is 20.8 Å². The number of carbonyl (C=O) groups excluding carboxylic acids is 1. The highest BCUT2D eigenvalue weighted by Crippen LogP contribution is 2.51. The van der Waals surface area contributed by atoms with Crippen molar-refractivity contribution in [3.63, 3.8) is 0 Å². The van der Waals surface area contributed by atoms with E-state index in [9.17, 15) is 9.90 Å². The van der Waals surface area contributed by atoms with E-state index in [0.29, 0.717) is 6.42 Å². The molecule has 1 rings (SSSR count). The van der Waals surface area contributed by atoms with E-state index in [1.54, 1.807) is 0 Å². The molecule has 110 valence electrons. The summed E-state index contributed by atoms with van der Waals surface area (Å²) in [6, 6.07) is 0. The van der Waals surface area contributed by atoms with Crippen molar-refractivity contribution in [3.8, 4) is 0 Å². The summed E-state index contributed by atoms with van der Waals surface area (Å²) in [7, 11) is 0. The second-order valence-corrected chi connectivity index (χ2v) is 5.76. The van der Waals surface area contributed by atoms with Crippen molar-refractivity contribution < 1.29 is 14.6 Å². The quantitative estimate of drug-likeness (QED) is 0.487. The largest absolute Gasteiger partial charge is 0.462 e. The third-order valence-electron chi connectivity index (χ3n) is 3.94. The molecule has 0 aromatic carbocycles. The van der Waals surface area contributed by atoms with E-state index >= 15 is 0 Å². The molecule has 1 fully saturated rings. The summed E-state index contributed by atoms with van der Waals surface area (Å²) < 4.78 is 5.04. The molecule has 0 aromatic rings. The first-order valence-electron chi connectivity index (χ1n) is 7.58. The van der Waals surface area contributed by atoms with Crippen LogP contribution in [0.15, 0.2) is 0 Å². The number of aliphatic hydroxyl groups excluding tert-OH is 1. The molecule has 3 nitrogen and oxygen atoms in total. The fourth-order valence-electron chi connectivity index (χ4n) is 2.47. The summed E-state index contributed by atoms with van der Waals surface area (Å²) in [4.78, 5) is 11.9. The molecule has 1 saturated carbocycles. The molecular weight excluding hydrogens is 240 g/mol. The van der Waals surface area contributed by atoms with Crippen molar-refractivity contribution in [1.82, 2.24) is 0 Å². The Kier molecular flexibility index (Phi) is 6.84. The summed E-state index contributed by atoms with van der Waals surface area (Å²) in [6.07, 6.45) is 8.14. The summed E-state index contributed by atoms with van der Waals surface area (Å²) in [5.41, 5.74) is -0.642. The van der Waals surface area contributed by atoms with Crippen LogP contribution in [0.5, 0.6) is 0 Å². The Balaban J connectivity index is 2.21. The van der Waals surface area contributed by atoms with Crippen LogP contribution in [0.1, 0.15) is 64.7 Å². The van der Waals surface area contributed by atoms with Crippen LogP contribution < -0.4 is 0 Å². The van der Waals surface area contributed by atoms with E-state index < -0.39 is 17.6 Å². The molecule has 2 radical (unpaired) electrons. The van der Waals surface area contributed by atoms with Gasteiger partial charge in [-0.05, 0) is 33.1 Å². The highest BCUT2D eigenvalue weighted by Gasteiger charge is 2.56. The number of rotatable bonds is 10. The van der Waals surface area contributed by atoms with Crippen LogP contribution in [0.3, 0.4) is 0 Å². The average Bonchev–Trinajstić information content (AvgIpc) is 3.14. The van der Waals surface area contributed by atoms with Gasteiger partial charge in [-0.3, -0.25) is 4.79 Å². The van der Waals surface area contributed by atoms with Crippen LogP contribution in [-0.2, 0) is 9.53 Å². The van der Waals surface area contributed by atoms with E-state index in [4.69, 9.17) is 4.74 Å². The van der Waals surface area contributed by atoms with Crippen LogP contribution in [0, 0.1) is 19.3 Å². The van der Waals surface area contributed by atoms with Crippen LogP contribution in [0.25, 0.3) is 0 Å². The van der Waals surface area contributed by atoms with Crippen LogP contribution in [0.4, 0.5) is 0 Å². The van der Waals surface area contributed by atoms with Crippen molar-refractivity contribution in [3.05, 3.63) is 13.8 Å². The lowest BCUT2D eigenvalue weighted by molar-refractivity contribution is -0.157. The van der Waals surface area contributed by atoms with Gasteiger partial charge < -0.3 is 9.84 Å². The molecule has 1 atom stereocenters. The number of esters is 1. The van der Waals surface area contributed by atoms with Gasteiger partial charge in [0, 0.05) is 0 Å². The molecule has 1 aliphatic rings. The van der Waals surface area contributed by atoms with Crippen LogP contribution in [-0.4, -0.2) is 23.3 Å². The topological polar surface area (TPSA) is 46.5 Å². The summed E-state index contributed by atoms with van der Waals surface area (Å²) in [6.45, 7) is 9.29. The van der Waals surface area contributed by atoms with Crippen molar-refractivity contribution in [1.29, 1.82) is 0 Å². The first-order valence-corrected chi connectivity index (χ1v) is 7.58. The Morgan fingerprint density at radius 1 is 1.21 bits per heavy atom. The molecular formula is C16H28O3. The van der Waals surface area contributed by atoms with Gasteiger partial charge in [0.1, 0.15) is 6.10 Å². The number of carbonyl (C=O) groups is 1. The lowest BCUT2D eigenvalue weighted by atomic mass is 9.94. The predicted octanol–water partition coefficient (Wildman–Crippen LogP) is 3.46.